The summed E-state index contributed by atoms with van der Waals surface area (Å²) < 4.78 is 3.28. The molecule has 0 spiro atoms. The molecule has 5 rings (SSSR count). The van der Waals surface area contributed by atoms with E-state index in [9.17, 15) is 14.4 Å². The summed E-state index contributed by atoms with van der Waals surface area (Å²) >= 11 is 7.50. The van der Waals surface area contributed by atoms with Gasteiger partial charge in [-0.3, -0.25) is 19.0 Å². The van der Waals surface area contributed by atoms with Crippen LogP contribution in [0, 0.1) is 0 Å². The quantitative estimate of drug-likeness (QED) is 0.257. The predicted octanol–water partition coefficient (Wildman–Crippen LogP) is 4.47. The smallest absolute Gasteiger partial charge is 0.280 e. The maximum atomic E-state index is 13.8. The fraction of sp³-hybridized carbons (Fsp3) is 0.143. The van der Waals surface area contributed by atoms with E-state index in [2.05, 4.69) is 20.4 Å². The average molecular weight is 574 g/mol. The lowest BCUT2D eigenvalue weighted by Crippen LogP contribution is -2.30. The number of halogens is 1. The minimum absolute atomic E-state index is 0.221. The summed E-state index contributed by atoms with van der Waals surface area (Å²) in [4.78, 5) is 50.7. The first-order valence-electron chi connectivity index (χ1n) is 12.2. The van der Waals surface area contributed by atoms with Crippen LogP contribution in [0.25, 0.3) is 11.3 Å². The number of pyridine rings is 1. The minimum Gasteiger partial charge on any atom is -0.365 e. The van der Waals surface area contributed by atoms with E-state index in [-0.39, 0.29) is 29.5 Å². The zero-order valence-corrected chi connectivity index (χ0v) is 23.2. The first-order valence-corrected chi connectivity index (χ1v) is 13.4. The molecule has 4 aromatic heterocycles. The lowest BCUT2D eigenvalue weighted by molar-refractivity contribution is 0.0945. The summed E-state index contributed by atoms with van der Waals surface area (Å²) in [6.45, 7) is 0.184. The maximum Gasteiger partial charge on any atom is 0.280 e. The topological polar surface area (TPSA) is 115 Å². The lowest BCUT2D eigenvalue weighted by Gasteiger charge is -2.19. The molecule has 0 fully saturated rings. The third-order valence-electron chi connectivity index (χ3n) is 6.06. The van der Waals surface area contributed by atoms with Crippen molar-refractivity contribution in [3.05, 3.63) is 110 Å². The normalized spacial score (nSPS) is 10.9. The van der Waals surface area contributed by atoms with Crippen LogP contribution in [-0.4, -0.2) is 50.1 Å². The van der Waals surface area contributed by atoms with Crippen molar-refractivity contribution in [2.24, 2.45) is 0 Å². The van der Waals surface area contributed by atoms with Crippen LogP contribution in [0.1, 0.15) is 25.6 Å². The van der Waals surface area contributed by atoms with E-state index in [0.717, 1.165) is 4.88 Å². The molecule has 0 unspecified atom stereocenters. The van der Waals surface area contributed by atoms with Crippen molar-refractivity contribution >= 4 is 46.3 Å². The van der Waals surface area contributed by atoms with E-state index < -0.39 is 5.56 Å². The number of thiophene rings is 1. The van der Waals surface area contributed by atoms with Gasteiger partial charge in [0.15, 0.2) is 5.78 Å². The van der Waals surface area contributed by atoms with Gasteiger partial charge >= 0.3 is 0 Å². The molecule has 4 heterocycles. The van der Waals surface area contributed by atoms with Gasteiger partial charge in [0.25, 0.3) is 11.5 Å². The Morgan fingerprint density at radius 1 is 1.00 bits per heavy atom. The van der Waals surface area contributed by atoms with Gasteiger partial charge in [0.05, 0.1) is 28.6 Å². The molecular formula is C28H24ClN7O3S. The number of Topliss-reactive ketones (excluding diaryl/α,β-unsaturated/α-hetero) is 1. The molecule has 1 N–H and O–H groups in total. The van der Waals surface area contributed by atoms with Gasteiger partial charge in [-0.25, -0.2) is 9.97 Å². The van der Waals surface area contributed by atoms with Gasteiger partial charge in [-0.05, 0) is 36.4 Å². The van der Waals surface area contributed by atoms with Crippen LogP contribution in [0.5, 0.6) is 0 Å². The van der Waals surface area contributed by atoms with E-state index in [4.69, 9.17) is 11.6 Å². The van der Waals surface area contributed by atoms with Crippen molar-refractivity contribution in [2.45, 2.75) is 13.1 Å². The molecule has 5 aromatic rings. The second-order valence-corrected chi connectivity index (χ2v) is 10.8. The van der Waals surface area contributed by atoms with Gasteiger partial charge < -0.3 is 10.2 Å². The van der Waals surface area contributed by atoms with Crippen molar-refractivity contribution in [3.63, 3.8) is 0 Å². The average Bonchev–Trinajstić information content (AvgIpc) is 3.59. The van der Waals surface area contributed by atoms with Crippen molar-refractivity contribution in [1.82, 2.24) is 24.3 Å². The minimum atomic E-state index is -0.426. The molecule has 0 atom stereocenters. The van der Waals surface area contributed by atoms with Crippen LogP contribution in [0.4, 0.5) is 11.6 Å². The van der Waals surface area contributed by atoms with Crippen molar-refractivity contribution in [1.29, 1.82) is 0 Å². The second-order valence-electron chi connectivity index (χ2n) is 9.00. The fourth-order valence-corrected chi connectivity index (χ4v) is 5.13. The third kappa shape index (κ3) is 5.70. The first-order chi connectivity index (χ1) is 19.3. The molecular weight excluding hydrogens is 550 g/mol. The Balaban J connectivity index is 1.56. The lowest BCUT2D eigenvalue weighted by atomic mass is 10.1. The van der Waals surface area contributed by atoms with Crippen LogP contribution in [0.3, 0.4) is 0 Å². The molecule has 1 aromatic carbocycles. The monoisotopic (exact) mass is 573 g/mol. The van der Waals surface area contributed by atoms with Crippen LogP contribution in [-0.2, 0) is 13.1 Å². The van der Waals surface area contributed by atoms with Crippen LogP contribution >= 0.6 is 22.9 Å². The summed E-state index contributed by atoms with van der Waals surface area (Å²) in [6, 6.07) is 17.5. The summed E-state index contributed by atoms with van der Waals surface area (Å²) in [5, 5.41) is 7.79. The van der Waals surface area contributed by atoms with E-state index in [1.54, 1.807) is 67.5 Å². The predicted molar refractivity (Wildman–Crippen MR) is 155 cm³/mol. The molecule has 0 aliphatic heterocycles. The number of aromatic nitrogens is 5. The molecule has 0 aliphatic carbocycles. The summed E-state index contributed by atoms with van der Waals surface area (Å²) in [5.41, 5.74) is 0.836. The molecule has 0 saturated carbocycles. The molecule has 10 nitrogen and oxygen atoms in total. The molecule has 40 heavy (non-hydrogen) atoms. The number of carbonyl (C=O) groups is 2. The Labute approximate surface area is 238 Å². The second kappa shape index (κ2) is 11.6. The van der Waals surface area contributed by atoms with Gasteiger partial charge in [0.2, 0.25) is 0 Å². The molecule has 12 heteroatoms. The standard InChI is InChI=1S/C28H24ClN7O3S/c1-34(2)26-11-9-21(28(39)35(26)16-23(37)19-13-30-17-31-14-19)22-12-25(32-15-20-8-10-24(29)40-20)36(33-22)27(38)18-6-4-3-5-7-18/h3-14,17,32H,15-16H2,1-2H3. The van der Waals surface area contributed by atoms with E-state index >= 15 is 0 Å². The van der Waals surface area contributed by atoms with Gasteiger partial charge in [-0.2, -0.15) is 9.78 Å². The Morgan fingerprint density at radius 2 is 1.75 bits per heavy atom. The molecule has 0 aliphatic rings. The van der Waals surface area contributed by atoms with Crippen molar-refractivity contribution in [3.8, 4) is 11.3 Å². The van der Waals surface area contributed by atoms with Crippen LogP contribution < -0.4 is 15.8 Å². The Kier molecular flexibility index (Phi) is 7.85. The highest BCUT2D eigenvalue weighted by atomic mass is 35.5. The van der Waals surface area contributed by atoms with E-state index in [1.807, 2.05) is 12.1 Å². The highest BCUT2D eigenvalue weighted by Crippen LogP contribution is 2.26. The third-order valence-corrected chi connectivity index (χ3v) is 7.30. The maximum absolute atomic E-state index is 13.8. The van der Waals surface area contributed by atoms with Gasteiger partial charge in [-0.15, -0.1) is 11.3 Å². The number of hydrogen-bond donors (Lipinski definition) is 1. The number of ketones is 1. The van der Waals surface area contributed by atoms with Crippen LogP contribution in [0.15, 0.2) is 84.2 Å². The first kappa shape index (κ1) is 27.0. The Hall–Kier alpha value is -4.61. The summed E-state index contributed by atoms with van der Waals surface area (Å²) in [7, 11) is 3.57. The SMILES string of the molecule is CN(C)c1ccc(-c2cc(NCc3ccc(Cl)s3)n(C(=O)c3ccccc3)n2)c(=O)n1CC(=O)c1cncnc1. The molecule has 0 amide bonds. The molecule has 202 valence electrons. The zero-order chi connectivity index (χ0) is 28.2. The highest BCUT2D eigenvalue weighted by Gasteiger charge is 2.21. The number of nitrogens with zero attached hydrogens (tertiary/aromatic N) is 6. The number of hydrogen-bond acceptors (Lipinski definition) is 9. The fourth-order valence-electron chi connectivity index (χ4n) is 4.11. The zero-order valence-electron chi connectivity index (χ0n) is 21.6. The number of carbonyl (C=O) groups excluding carboxylic acids is 2. The molecule has 0 saturated heterocycles. The van der Waals surface area contributed by atoms with Crippen molar-refractivity contribution in [2.75, 3.05) is 24.3 Å². The number of anilines is 2. The number of nitrogens with one attached hydrogen (secondary N) is 1. The summed E-state index contributed by atoms with van der Waals surface area (Å²) in [6.07, 6.45) is 4.16. The number of benzene rings is 1. The van der Waals surface area contributed by atoms with Gasteiger partial charge in [0, 0.05) is 43.0 Å². The highest BCUT2D eigenvalue weighted by molar-refractivity contribution is 7.16. The Morgan fingerprint density at radius 3 is 2.42 bits per heavy atom. The molecule has 0 radical (unpaired) electrons. The van der Waals surface area contributed by atoms with Gasteiger partial charge in [-0.1, -0.05) is 29.8 Å². The van der Waals surface area contributed by atoms with Crippen LogP contribution in [0.2, 0.25) is 4.34 Å². The van der Waals surface area contributed by atoms with Crippen molar-refractivity contribution < 1.29 is 9.59 Å². The Bertz CT molecular complexity index is 1730. The molecule has 0 bridgehead atoms. The largest absolute Gasteiger partial charge is 0.365 e. The van der Waals surface area contributed by atoms with Gasteiger partial charge in [0.1, 0.15) is 23.7 Å². The number of rotatable bonds is 9. The summed E-state index contributed by atoms with van der Waals surface area (Å²) in [5.74, 6) is 0.271. The van der Waals surface area contributed by atoms with E-state index in [0.29, 0.717) is 33.6 Å². The van der Waals surface area contributed by atoms with E-state index in [1.165, 1.54) is 39.3 Å².